The van der Waals surface area contributed by atoms with Gasteiger partial charge in [0, 0.05) is 29.7 Å². The van der Waals surface area contributed by atoms with Crippen LogP contribution in [0.1, 0.15) is 35.4 Å². The maximum absolute atomic E-state index is 13.4. The van der Waals surface area contributed by atoms with Gasteiger partial charge in [0.05, 0.1) is 11.9 Å². The van der Waals surface area contributed by atoms with Crippen molar-refractivity contribution in [2.24, 2.45) is 0 Å². The van der Waals surface area contributed by atoms with Crippen LogP contribution < -0.4 is 19.8 Å². The van der Waals surface area contributed by atoms with Crippen molar-refractivity contribution in [3.63, 3.8) is 0 Å². The molecule has 1 atom stereocenters. The summed E-state index contributed by atoms with van der Waals surface area (Å²) in [6, 6.07) is 11.6. The van der Waals surface area contributed by atoms with Gasteiger partial charge in [0.15, 0.2) is 11.5 Å². The molecule has 3 aliphatic rings. The number of pyridine rings is 1. The molecule has 0 amide bonds. The number of aromatic nitrogens is 1. The van der Waals surface area contributed by atoms with E-state index < -0.39 is 0 Å². The van der Waals surface area contributed by atoms with Gasteiger partial charge < -0.3 is 18.8 Å². The molecule has 6 nitrogen and oxygen atoms in total. The van der Waals surface area contributed by atoms with Gasteiger partial charge in [-0.3, -0.25) is 9.59 Å². The molecule has 0 aliphatic carbocycles. The van der Waals surface area contributed by atoms with Crippen molar-refractivity contribution >= 4 is 16.9 Å². The number of benzene rings is 2. The second-order valence-electron chi connectivity index (χ2n) is 7.49. The van der Waals surface area contributed by atoms with E-state index in [2.05, 4.69) is 6.07 Å². The Labute approximate surface area is 160 Å². The van der Waals surface area contributed by atoms with Crippen molar-refractivity contribution in [2.75, 3.05) is 6.79 Å². The van der Waals surface area contributed by atoms with Crippen LogP contribution in [0, 0.1) is 0 Å². The maximum Gasteiger partial charge on any atom is 0.312 e. The van der Waals surface area contributed by atoms with Gasteiger partial charge in [0.25, 0.3) is 5.56 Å². The molecular weight excluding hydrogens is 358 g/mol. The lowest BCUT2D eigenvalue weighted by molar-refractivity contribution is -0.135. The summed E-state index contributed by atoms with van der Waals surface area (Å²) in [4.78, 5) is 25.7. The van der Waals surface area contributed by atoms with Crippen LogP contribution >= 0.6 is 0 Å². The molecule has 0 bridgehead atoms. The topological polar surface area (TPSA) is 66.8 Å². The SMILES string of the molecule is O=C1CC(c2cc3cccc4c3n(c2=O)CCC4)c2cc3c(cc2O1)OCO3. The second-order valence-corrected chi connectivity index (χ2v) is 7.49. The number of para-hydroxylation sites is 1. The van der Waals surface area contributed by atoms with E-state index in [4.69, 9.17) is 14.2 Å². The highest BCUT2D eigenvalue weighted by atomic mass is 16.7. The predicted molar refractivity (Wildman–Crippen MR) is 101 cm³/mol. The van der Waals surface area contributed by atoms with E-state index in [1.165, 1.54) is 5.56 Å². The monoisotopic (exact) mass is 375 g/mol. The zero-order valence-electron chi connectivity index (χ0n) is 15.1. The van der Waals surface area contributed by atoms with Crippen LogP contribution in [-0.2, 0) is 17.8 Å². The molecule has 6 rings (SSSR count). The highest BCUT2D eigenvalue weighted by Crippen LogP contribution is 2.45. The molecule has 4 heterocycles. The fraction of sp³-hybridized carbons (Fsp3) is 0.273. The summed E-state index contributed by atoms with van der Waals surface area (Å²) in [7, 11) is 0. The molecule has 0 spiro atoms. The van der Waals surface area contributed by atoms with Gasteiger partial charge in [-0.1, -0.05) is 18.2 Å². The summed E-state index contributed by atoms with van der Waals surface area (Å²) >= 11 is 0. The van der Waals surface area contributed by atoms with Crippen LogP contribution in [0.15, 0.2) is 41.2 Å². The molecule has 1 unspecified atom stereocenters. The van der Waals surface area contributed by atoms with Gasteiger partial charge in [-0.2, -0.15) is 0 Å². The summed E-state index contributed by atoms with van der Waals surface area (Å²) in [5.41, 5.74) is 3.62. The standard InChI is InChI=1S/C22H17NO5/c24-20-9-14(15-8-18-19(27-11-26-18)10-17(15)28-20)16-7-13-4-1-3-12-5-2-6-23(21(12)13)22(16)25/h1,3-4,7-8,10,14H,2,5-6,9,11H2. The van der Waals surface area contributed by atoms with E-state index in [9.17, 15) is 9.59 Å². The number of fused-ring (bicyclic) bond motifs is 2. The molecule has 6 heteroatoms. The minimum absolute atomic E-state index is 0.0250. The Hall–Kier alpha value is -3.28. The quantitative estimate of drug-likeness (QED) is 0.483. The van der Waals surface area contributed by atoms with Gasteiger partial charge in [-0.25, -0.2) is 0 Å². The molecule has 3 aromatic rings. The number of nitrogens with zero attached hydrogens (tertiary/aromatic N) is 1. The van der Waals surface area contributed by atoms with Crippen molar-refractivity contribution < 1.29 is 19.0 Å². The van der Waals surface area contributed by atoms with Crippen molar-refractivity contribution in [1.29, 1.82) is 0 Å². The van der Waals surface area contributed by atoms with Crippen molar-refractivity contribution in [2.45, 2.75) is 31.7 Å². The Bertz CT molecular complexity index is 1230. The second kappa shape index (κ2) is 5.61. The van der Waals surface area contributed by atoms with Gasteiger partial charge >= 0.3 is 5.97 Å². The van der Waals surface area contributed by atoms with Crippen molar-refractivity contribution in [1.82, 2.24) is 4.57 Å². The van der Waals surface area contributed by atoms with Crippen molar-refractivity contribution in [3.05, 3.63) is 63.4 Å². The Balaban J connectivity index is 1.60. The fourth-order valence-electron chi connectivity index (χ4n) is 4.65. The summed E-state index contributed by atoms with van der Waals surface area (Å²) in [5.74, 6) is 0.908. The Morgan fingerprint density at radius 3 is 2.71 bits per heavy atom. The van der Waals surface area contributed by atoms with E-state index in [0.29, 0.717) is 29.4 Å². The summed E-state index contributed by atoms with van der Waals surface area (Å²) in [6.45, 7) is 0.841. The van der Waals surface area contributed by atoms with Gasteiger partial charge in [0.1, 0.15) is 5.75 Å². The van der Waals surface area contributed by atoms with Crippen LogP contribution in [0.5, 0.6) is 17.2 Å². The summed E-state index contributed by atoms with van der Waals surface area (Å²) in [5, 5.41) is 1.04. The largest absolute Gasteiger partial charge is 0.454 e. The molecule has 1 aromatic heterocycles. The van der Waals surface area contributed by atoms with E-state index in [1.807, 2.05) is 28.8 Å². The average molecular weight is 375 g/mol. The smallest absolute Gasteiger partial charge is 0.312 e. The lowest BCUT2D eigenvalue weighted by Gasteiger charge is -2.27. The van der Waals surface area contributed by atoms with Crippen LogP contribution in [-0.4, -0.2) is 17.3 Å². The van der Waals surface area contributed by atoms with Crippen LogP contribution in [0.4, 0.5) is 0 Å². The first kappa shape index (κ1) is 15.7. The molecule has 0 radical (unpaired) electrons. The number of aryl methyl sites for hydroxylation is 2. The lowest BCUT2D eigenvalue weighted by atomic mass is 9.85. The summed E-state index contributed by atoms with van der Waals surface area (Å²) in [6.07, 6.45) is 2.06. The molecule has 0 saturated heterocycles. The van der Waals surface area contributed by atoms with E-state index in [1.54, 1.807) is 6.07 Å². The minimum Gasteiger partial charge on any atom is -0.454 e. The first-order chi connectivity index (χ1) is 13.7. The van der Waals surface area contributed by atoms with Crippen LogP contribution in [0.3, 0.4) is 0 Å². The molecule has 0 fully saturated rings. The molecular formula is C22H17NO5. The molecule has 28 heavy (non-hydrogen) atoms. The van der Waals surface area contributed by atoms with E-state index >= 15 is 0 Å². The number of carbonyl (C=O) groups excluding carboxylic acids is 1. The zero-order valence-corrected chi connectivity index (χ0v) is 15.1. The van der Waals surface area contributed by atoms with Crippen LogP contribution in [0.25, 0.3) is 10.9 Å². The number of hydrogen-bond donors (Lipinski definition) is 0. The van der Waals surface area contributed by atoms with E-state index in [0.717, 1.165) is 29.3 Å². The summed E-state index contributed by atoms with van der Waals surface area (Å²) < 4.78 is 18.2. The Morgan fingerprint density at radius 2 is 1.82 bits per heavy atom. The molecule has 2 aromatic carbocycles. The third-order valence-electron chi connectivity index (χ3n) is 5.90. The van der Waals surface area contributed by atoms with Gasteiger partial charge in [-0.15, -0.1) is 0 Å². The first-order valence-corrected chi connectivity index (χ1v) is 9.48. The van der Waals surface area contributed by atoms with Gasteiger partial charge in [0.2, 0.25) is 6.79 Å². The first-order valence-electron chi connectivity index (χ1n) is 9.48. The van der Waals surface area contributed by atoms with Gasteiger partial charge in [-0.05, 0) is 35.9 Å². The predicted octanol–water partition coefficient (Wildman–Crippen LogP) is 3.12. The number of ether oxygens (including phenoxy) is 3. The number of carbonyl (C=O) groups is 1. The number of hydrogen-bond acceptors (Lipinski definition) is 5. The molecule has 140 valence electrons. The maximum atomic E-state index is 13.4. The third kappa shape index (κ3) is 2.14. The molecule has 3 aliphatic heterocycles. The molecule has 0 saturated carbocycles. The average Bonchev–Trinajstić information content (AvgIpc) is 3.16. The number of rotatable bonds is 1. The van der Waals surface area contributed by atoms with Crippen LogP contribution in [0.2, 0.25) is 0 Å². The normalized spacial score (nSPS) is 19.4. The third-order valence-corrected chi connectivity index (χ3v) is 5.90. The lowest BCUT2D eigenvalue weighted by Crippen LogP contribution is -2.31. The zero-order chi connectivity index (χ0) is 18.8. The fourth-order valence-corrected chi connectivity index (χ4v) is 4.65. The highest BCUT2D eigenvalue weighted by molar-refractivity contribution is 5.85. The van der Waals surface area contributed by atoms with Crippen molar-refractivity contribution in [3.8, 4) is 17.2 Å². The Morgan fingerprint density at radius 1 is 0.964 bits per heavy atom. The Kier molecular flexibility index (Phi) is 3.15. The minimum atomic E-state index is -0.364. The highest BCUT2D eigenvalue weighted by Gasteiger charge is 2.34. The molecule has 0 N–H and O–H groups in total. The van der Waals surface area contributed by atoms with E-state index in [-0.39, 0.29) is 30.7 Å². The number of esters is 1.